The number of hydrogen-bond donors (Lipinski definition) is 1. The average molecular weight is 409 g/mol. The van der Waals surface area contributed by atoms with Crippen LogP contribution in [0.15, 0.2) is 59.5 Å². The summed E-state index contributed by atoms with van der Waals surface area (Å²) < 4.78 is 1.46. The van der Waals surface area contributed by atoms with Gasteiger partial charge in [-0.05, 0) is 29.8 Å². The highest BCUT2D eigenvalue weighted by atomic mass is 35.5. The predicted octanol–water partition coefficient (Wildman–Crippen LogP) is 4.50. The van der Waals surface area contributed by atoms with Crippen molar-refractivity contribution in [3.63, 3.8) is 0 Å². The zero-order valence-electron chi connectivity index (χ0n) is 13.2. The molecule has 0 aliphatic rings. The fraction of sp³-hybridized carbons (Fsp3) is 0.0556. The van der Waals surface area contributed by atoms with Gasteiger partial charge in [0.05, 0.1) is 17.8 Å². The second-order valence-corrected chi connectivity index (χ2v) is 6.55. The van der Waals surface area contributed by atoms with Gasteiger partial charge in [-0.2, -0.15) is 0 Å². The number of pyridine rings is 2. The summed E-state index contributed by atoms with van der Waals surface area (Å²) in [7, 11) is 0. The van der Waals surface area contributed by atoms with Crippen molar-refractivity contribution in [2.75, 3.05) is 5.32 Å². The second-order valence-electron chi connectivity index (χ2n) is 5.40. The van der Waals surface area contributed by atoms with E-state index in [9.17, 15) is 9.59 Å². The van der Waals surface area contributed by atoms with E-state index in [-0.39, 0.29) is 28.0 Å². The van der Waals surface area contributed by atoms with Crippen molar-refractivity contribution in [1.29, 1.82) is 0 Å². The number of nitrogens with one attached hydrogen (secondary N) is 1. The number of rotatable bonds is 4. The predicted molar refractivity (Wildman–Crippen MR) is 103 cm³/mol. The maximum Gasteiger partial charge on any atom is 0.258 e. The monoisotopic (exact) mass is 407 g/mol. The first kappa shape index (κ1) is 18.5. The van der Waals surface area contributed by atoms with Gasteiger partial charge in [-0.1, -0.05) is 53.0 Å². The van der Waals surface area contributed by atoms with E-state index in [2.05, 4.69) is 10.3 Å². The summed E-state index contributed by atoms with van der Waals surface area (Å²) in [5, 5.41) is 3.44. The lowest BCUT2D eigenvalue weighted by molar-refractivity contribution is 0.102. The molecule has 0 spiro atoms. The topological polar surface area (TPSA) is 64.0 Å². The van der Waals surface area contributed by atoms with Crippen LogP contribution in [0.3, 0.4) is 0 Å². The number of carbonyl (C=O) groups excluding carboxylic acids is 1. The quantitative estimate of drug-likeness (QED) is 0.646. The van der Waals surface area contributed by atoms with Crippen LogP contribution in [-0.2, 0) is 6.54 Å². The van der Waals surface area contributed by atoms with Crippen LogP contribution in [0.1, 0.15) is 15.9 Å². The first-order chi connectivity index (χ1) is 12.4. The number of benzene rings is 1. The molecule has 0 aliphatic carbocycles. The molecule has 5 nitrogen and oxygen atoms in total. The molecule has 0 bridgehead atoms. The molecule has 2 aromatic heterocycles. The fourth-order valence-corrected chi connectivity index (χ4v) is 2.95. The van der Waals surface area contributed by atoms with E-state index in [1.807, 2.05) is 18.2 Å². The van der Waals surface area contributed by atoms with Gasteiger partial charge in [0.15, 0.2) is 0 Å². The Kier molecular flexibility index (Phi) is 5.61. The molecule has 8 heteroatoms. The SMILES string of the molecule is O=C(Nc1ccc(=O)n(Cc2ccccc2Cl)c1)c1ccc(Cl)nc1Cl. The maximum atomic E-state index is 12.4. The lowest BCUT2D eigenvalue weighted by Crippen LogP contribution is -2.21. The smallest absolute Gasteiger partial charge is 0.258 e. The molecule has 132 valence electrons. The highest BCUT2D eigenvalue weighted by Gasteiger charge is 2.13. The molecule has 0 saturated heterocycles. The van der Waals surface area contributed by atoms with Gasteiger partial charge in [-0.15, -0.1) is 0 Å². The van der Waals surface area contributed by atoms with Crippen LogP contribution in [0.5, 0.6) is 0 Å². The van der Waals surface area contributed by atoms with Gasteiger partial charge >= 0.3 is 0 Å². The molecule has 0 saturated carbocycles. The summed E-state index contributed by atoms with van der Waals surface area (Å²) in [6.45, 7) is 0.283. The van der Waals surface area contributed by atoms with E-state index >= 15 is 0 Å². The Morgan fingerprint density at radius 2 is 1.81 bits per heavy atom. The van der Waals surface area contributed by atoms with Crippen molar-refractivity contribution >= 4 is 46.4 Å². The first-order valence-electron chi connectivity index (χ1n) is 7.51. The largest absolute Gasteiger partial charge is 0.321 e. The Bertz CT molecular complexity index is 1030. The van der Waals surface area contributed by atoms with Gasteiger partial charge in [0.2, 0.25) is 0 Å². The van der Waals surface area contributed by atoms with E-state index in [1.165, 1.54) is 28.8 Å². The number of amides is 1. The molecule has 1 N–H and O–H groups in total. The molecule has 0 radical (unpaired) electrons. The van der Waals surface area contributed by atoms with E-state index in [0.29, 0.717) is 10.7 Å². The summed E-state index contributed by atoms with van der Waals surface area (Å²) in [6, 6.07) is 13.1. The Labute approximate surface area is 164 Å². The van der Waals surface area contributed by atoms with Gasteiger partial charge in [0.1, 0.15) is 10.3 Å². The molecule has 1 aromatic carbocycles. The second kappa shape index (κ2) is 7.91. The van der Waals surface area contributed by atoms with Crippen molar-refractivity contribution in [2.24, 2.45) is 0 Å². The molecule has 2 heterocycles. The molecule has 0 unspecified atom stereocenters. The van der Waals surface area contributed by atoms with Crippen LogP contribution in [0.25, 0.3) is 0 Å². The molecule has 0 fully saturated rings. The standard InChI is InChI=1S/C18H12Cl3N3O2/c19-14-4-2-1-3-11(14)9-24-10-12(5-8-16(24)25)22-18(26)13-6-7-15(20)23-17(13)21/h1-8,10H,9H2,(H,22,26). The zero-order valence-corrected chi connectivity index (χ0v) is 15.5. The van der Waals surface area contributed by atoms with E-state index in [1.54, 1.807) is 12.3 Å². The molecular weight excluding hydrogens is 397 g/mol. The maximum absolute atomic E-state index is 12.4. The first-order valence-corrected chi connectivity index (χ1v) is 8.65. The van der Waals surface area contributed by atoms with Gasteiger partial charge < -0.3 is 9.88 Å². The highest BCUT2D eigenvalue weighted by Crippen LogP contribution is 2.19. The minimum absolute atomic E-state index is 0.000566. The van der Waals surface area contributed by atoms with Gasteiger partial charge in [0.25, 0.3) is 11.5 Å². The van der Waals surface area contributed by atoms with Gasteiger partial charge in [0, 0.05) is 17.3 Å². The Morgan fingerprint density at radius 1 is 1.04 bits per heavy atom. The molecule has 0 atom stereocenters. The number of halogens is 3. The number of aromatic nitrogens is 2. The van der Waals surface area contributed by atoms with Gasteiger partial charge in [-0.25, -0.2) is 4.98 Å². The summed E-state index contributed by atoms with van der Waals surface area (Å²) in [4.78, 5) is 28.3. The minimum Gasteiger partial charge on any atom is -0.321 e. The van der Waals surface area contributed by atoms with E-state index in [4.69, 9.17) is 34.8 Å². The average Bonchev–Trinajstić information content (AvgIpc) is 2.59. The van der Waals surface area contributed by atoms with E-state index < -0.39 is 5.91 Å². The molecule has 3 aromatic rings. The van der Waals surface area contributed by atoms with Crippen LogP contribution in [-0.4, -0.2) is 15.5 Å². The Balaban J connectivity index is 1.84. The summed E-state index contributed by atoms with van der Waals surface area (Å²) >= 11 is 17.8. The number of nitrogens with zero attached hydrogens (tertiary/aromatic N) is 2. The van der Waals surface area contributed by atoms with Crippen LogP contribution in [0, 0.1) is 0 Å². The molecule has 26 heavy (non-hydrogen) atoms. The van der Waals surface area contributed by atoms with Crippen LogP contribution < -0.4 is 10.9 Å². The Hall–Kier alpha value is -2.34. The number of anilines is 1. The van der Waals surface area contributed by atoms with Crippen molar-refractivity contribution in [3.8, 4) is 0 Å². The minimum atomic E-state index is -0.456. The van der Waals surface area contributed by atoms with Crippen LogP contribution in [0.4, 0.5) is 5.69 Å². The molecule has 3 rings (SSSR count). The Morgan fingerprint density at radius 3 is 2.54 bits per heavy atom. The fourth-order valence-electron chi connectivity index (χ4n) is 2.32. The molecule has 1 amide bonds. The zero-order chi connectivity index (χ0) is 18.7. The normalized spacial score (nSPS) is 10.6. The van der Waals surface area contributed by atoms with Crippen LogP contribution >= 0.6 is 34.8 Å². The lowest BCUT2D eigenvalue weighted by atomic mass is 10.2. The van der Waals surface area contributed by atoms with Crippen LogP contribution in [0.2, 0.25) is 15.3 Å². The lowest BCUT2D eigenvalue weighted by Gasteiger charge is -2.11. The van der Waals surface area contributed by atoms with Gasteiger partial charge in [-0.3, -0.25) is 9.59 Å². The highest BCUT2D eigenvalue weighted by molar-refractivity contribution is 6.35. The third-order valence-corrected chi connectivity index (χ3v) is 4.47. The molecule has 0 aliphatic heterocycles. The summed E-state index contributed by atoms with van der Waals surface area (Å²) in [5.74, 6) is -0.456. The van der Waals surface area contributed by atoms with Crippen molar-refractivity contribution in [2.45, 2.75) is 6.54 Å². The van der Waals surface area contributed by atoms with Crippen molar-refractivity contribution < 1.29 is 4.79 Å². The molecular formula is C18H12Cl3N3O2. The number of hydrogen-bond acceptors (Lipinski definition) is 3. The summed E-state index contributed by atoms with van der Waals surface area (Å²) in [6.07, 6.45) is 1.54. The third-order valence-electron chi connectivity index (χ3n) is 3.60. The third kappa shape index (κ3) is 4.25. The van der Waals surface area contributed by atoms with Crippen molar-refractivity contribution in [1.82, 2.24) is 9.55 Å². The summed E-state index contributed by atoms with van der Waals surface area (Å²) in [5.41, 5.74) is 1.20. The van der Waals surface area contributed by atoms with Crippen molar-refractivity contribution in [3.05, 3.63) is 91.5 Å². The van der Waals surface area contributed by atoms with E-state index in [0.717, 1.165) is 5.56 Å². The number of carbonyl (C=O) groups is 1.